The smallest absolute Gasteiger partial charge is 0.226 e. The third-order valence-electron chi connectivity index (χ3n) is 5.20. The van der Waals surface area contributed by atoms with E-state index in [4.69, 9.17) is 0 Å². The van der Waals surface area contributed by atoms with Crippen LogP contribution >= 0.6 is 0 Å². The number of pyridine rings is 2. The molecule has 0 aliphatic heterocycles. The van der Waals surface area contributed by atoms with Crippen LogP contribution in [-0.4, -0.2) is 35.3 Å². The van der Waals surface area contributed by atoms with E-state index < -0.39 is 0 Å². The summed E-state index contributed by atoms with van der Waals surface area (Å²) in [6.45, 7) is 2.02. The number of fused-ring (bicyclic) bond motifs is 1. The molecule has 4 aromatic heterocycles. The molecule has 0 saturated heterocycles. The summed E-state index contributed by atoms with van der Waals surface area (Å²) in [6.07, 6.45) is 3.39. The van der Waals surface area contributed by atoms with Crippen molar-refractivity contribution in [1.82, 2.24) is 34.7 Å². The van der Waals surface area contributed by atoms with Crippen LogP contribution in [-0.2, 0) is 17.8 Å². The molecule has 0 radical (unpaired) electrons. The summed E-state index contributed by atoms with van der Waals surface area (Å²) in [6, 6.07) is 17.7. The fourth-order valence-corrected chi connectivity index (χ4v) is 3.57. The van der Waals surface area contributed by atoms with Gasteiger partial charge in [-0.15, -0.1) is 0 Å². The molecule has 1 N–H and O–H groups in total. The van der Waals surface area contributed by atoms with E-state index in [1.165, 1.54) is 12.4 Å². The lowest BCUT2D eigenvalue weighted by molar-refractivity contribution is -0.120. The molecule has 0 atom stereocenters. The number of amides is 1. The van der Waals surface area contributed by atoms with Crippen LogP contribution in [0.2, 0.25) is 0 Å². The lowest BCUT2D eigenvalue weighted by Crippen LogP contribution is -2.25. The zero-order chi connectivity index (χ0) is 22.8. The van der Waals surface area contributed by atoms with Crippen molar-refractivity contribution in [2.24, 2.45) is 0 Å². The van der Waals surface area contributed by atoms with E-state index in [2.05, 4.69) is 25.5 Å². The van der Waals surface area contributed by atoms with Gasteiger partial charge in [0.1, 0.15) is 12.1 Å². The number of aryl methyl sites for hydroxylation is 1. The topological polar surface area (TPSA) is 90.0 Å². The van der Waals surface area contributed by atoms with Crippen LogP contribution in [0.3, 0.4) is 0 Å². The highest BCUT2D eigenvalue weighted by Gasteiger charge is 2.16. The van der Waals surface area contributed by atoms with Crippen LogP contribution in [0.1, 0.15) is 17.0 Å². The van der Waals surface area contributed by atoms with Gasteiger partial charge in [0.25, 0.3) is 0 Å². The van der Waals surface area contributed by atoms with Gasteiger partial charge in [-0.05, 0) is 43.3 Å². The van der Waals surface area contributed by atoms with Crippen molar-refractivity contribution in [3.8, 4) is 17.1 Å². The van der Waals surface area contributed by atoms with E-state index in [1.54, 1.807) is 27.4 Å². The molecule has 5 rings (SSSR count). The molecule has 33 heavy (non-hydrogen) atoms. The maximum absolute atomic E-state index is 13.8. The minimum Gasteiger partial charge on any atom is -0.352 e. The Balaban J connectivity index is 1.45. The van der Waals surface area contributed by atoms with Crippen molar-refractivity contribution < 1.29 is 9.18 Å². The van der Waals surface area contributed by atoms with Gasteiger partial charge >= 0.3 is 0 Å². The van der Waals surface area contributed by atoms with Gasteiger partial charge in [0.15, 0.2) is 11.5 Å². The Hall–Kier alpha value is -4.40. The van der Waals surface area contributed by atoms with Crippen LogP contribution in [0.15, 0.2) is 73.2 Å². The summed E-state index contributed by atoms with van der Waals surface area (Å²) in [5.74, 6) is 0.0403. The minimum absolute atomic E-state index is 0.0475. The Morgan fingerprint density at radius 1 is 1.09 bits per heavy atom. The van der Waals surface area contributed by atoms with Crippen LogP contribution in [0, 0.1) is 12.7 Å². The number of halogens is 1. The average molecular weight is 441 g/mol. The van der Waals surface area contributed by atoms with Gasteiger partial charge in [-0.3, -0.25) is 4.79 Å². The summed E-state index contributed by atoms with van der Waals surface area (Å²) < 4.78 is 17.2. The third kappa shape index (κ3) is 4.33. The van der Waals surface area contributed by atoms with E-state index in [9.17, 15) is 9.18 Å². The molecule has 164 valence electrons. The number of carbonyl (C=O) groups is 1. The maximum atomic E-state index is 13.8. The summed E-state index contributed by atoms with van der Waals surface area (Å²) in [5, 5.41) is 11.6. The highest BCUT2D eigenvalue weighted by molar-refractivity contribution is 5.78. The zero-order valence-electron chi connectivity index (χ0n) is 17.8. The lowest BCUT2D eigenvalue weighted by Gasteiger charge is -2.07. The molecule has 1 aromatic carbocycles. The van der Waals surface area contributed by atoms with Crippen molar-refractivity contribution in [3.05, 3.63) is 96.0 Å². The fraction of sp³-hybridized carbons (Fsp3) is 0.125. The second-order valence-corrected chi connectivity index (χ2v) is 7.60. The molecule has 4 heterocycles. The van der Waals surface area contributed by atoms with E-state index >= 15 is 0 Å². The number of benzene rings is 1. The molecule has 5 aromatic rings. The molecule has 0 saturated carbocycles. The summed E-state index contributed by atoms with van der Waals surface area (Å²) in [5.41, 5.74) is 4.19. The summed E-state index contributed by atoms with van der Waals surface area (Å²) >= 11 is 0. The molecule has 9 heteroatoms. The molecular formula is C24H20FN7O. The Morgan fingerprint density at radius 2 is 1.97 bits per heavy atom. The van der Waals surface area contributed by atoms with Gasteiger partial charge in [0, 0.05) is 29.6 Å². The molecule has 0 aliphatic rings. The van der Waals surface area contributed by atoms with E-state index in [-0.39, 0.29) is 24.7 Å². The van der Waals surface area contributed by atoms with E-state index in [0.717, 1.165) is 22.6 Å². The molecule has 0 fully saturated rings. The maximum Gasteiger partial charge on any atom is 0.226 e. The number of hydrogen-bond acceptors (Lipinski definition) is 5. The van der Waals surface area contributed by atoms with Crippen LogP contribution < -0.4 is 5.32 Å². The average Bonchev–Trinajstić information content (AvgIpc) is 3.45. The van der Waals surface area contributed by atoms with Gasteiger partial charge in [0.2, 0.25) is 5.91 Å². The first-order valence-corrected chi connectivity index (χ1v) is 10.4. The molecule has 0 bridgehead atoms. The van der Waals surface area contributed by atoms with Crippen molar-refractivity contribution in [2.45, 2.75) is 19.9 Å². The van der Waals surface area contributed by atoms with Gasteiger partial charge < -0.3 is 5.32 Å². The van der Waals surface area contributed by atoms with Crippen molar-refractivity contribution >= 4 is 11.6 Å². The number of nitrogens with one attached hydrogen (secondary N) is 1. The molecule has 8 nitrogen and oxygen atoms in total. The number of aromatic nitrogens is 6. The van der Waals surface area contributed by atoms with Crippen molar-refractivity contribution in [3.63, 3.8) is 0 Å². The van der Waals surface area contributed by atoms with Crippen LogP contribution in [0.4, 0.5) is 4.39 Å². The fourth-order valence-electron chi connectivity index (χ4n) is 3.57. The zero-order valence-corrected chi connectivity index (χ0v) is 17.8. The standard InChI is InChI=1S/C24H20FN7O/c1-16-5-4-8-23(29-16)32-21(18-9-10-22-27-15-28-31(22)14-18)11-19(30-32)12-24(33)26-13-17-6-2-3-7-20(17)25/h2-11,14-15H,12-13H2,1H3,(H,26,33). The number of nitrogens with zero attached hydrogens (tertiary/aromatic N) is 6. The normalized spacial score (nSPS) is 11.1. The summed E-state index contributed by atoms with van der Waals surface area (Å²) in [4.78, 5) is 21.3. The molecular weight excluding hydrogens is 421 g/mol. The second kappa shape index (κ2) is 8.62. The molecule has 0 unspecified atom stereocenters. The molecule has 0 spiro atoms. The predicted molar refractivity (Wildman–Crippen MR) is 120 cm³/mol. The summed E-state index contributed by atoms with van der Waals surface area (Å²) in [7, 11) is 0. The van der Waals surface area contributed by atoms with Gasteiger partial charge in [0.05, 0.1) is 17.8 Å². The van der Waals surface area contributed by atoms with Gasteiger partial charge in [-0.2, -0.15) is 10.2 Å². The second-order valence-electron chi connectivity index (χ2n) is 7.60. The van der Waals surface area contributed by atoms with Crippen molar-refractivity contribution in [2.75, 3.05) is 0 Å². The Bertz CT molecular complexity index is 1460. The quantitative estimate of drug-likeness (QED) is 0.437. The van der Waals surface area contributed by atoms with Crippen molar-refractivity contribution in [1.29, 1.82) is 0 Å². The largest absolute Gasteiger partial charge is 0.352 e. The Morgan fingerprint density at radius 3 is 2.82 bits per heavy atom. The number of carbonyl (C=O) groups excluding carboxylic acids is 1. The highest BCUT2D eigenvalue weighted by atomic mass is 19.1. The Kier molecular flexibility index (Phi) is 5.35. The minimum atomic E-state index is -0.349. The SMILES string of the molecule is Cc1cccc(-n2nc(CC(=O)NCc3ccccc3F)cc2-c2ccc3ncnn3c2)n1. The highest BCUT2D eigenvalue weighted by Crippen LogP contribution is 2.24. The third-order valence-corrected chi connectivity index (χ3v) is 5.20. The molecule has 0 aliphatic carbocycles. The van der Waals surface area contributed by atoms with E-state index in [1.807, 2.05) is 49.5 Å². The first-order valence-electron chi connectivity index (χ1n) is 10.4. The lowest BCUT2D eigenvalue weighted by atomic mass is 10.1. The van der Waals surface area contributed by atoms with Crippen LogP contribution in [0.25, 0.3) is 22.7 Å². The number of rotatable bonds is 6. The predicted octanol–water partition coefficient (Wildman–Crippen LogP) is 3.28. The van der Waals surface area contributed by atoms with Crippen LogP contribution in [0.5, 0.6) is 0 Å². The molecule has 1 amide bonds. The monoisotopic (exact) mass is 441 g/mol. The first-order chi connectivity index (χ1) is 16.1. The number of hydrogen-bond donors (Lipinski definition) is 1. The van der Waals surface area contributed by atoms with Gasteiger partial charge in [-0.1, -0.05) is 24.3 Å². The first kappa shape index (κ1) is 20.5. The Labute approximate surface area is 188 Å². The van der Waals surface area contributed by atoms with Gasteiger partial charge in [-0.25, -0.2) is 23.6 Å². The van der Waals surface area contributed by atoms with E-state index in [0.29, 0.717) is 17.1 Å².